The van der Waals surface area contributed by atoms with Crippen molar-refractivity contribution in [3.63, 3.8) is 0 Å². The van der Waals surface area contributed by atoms with Crippen LogP contribution in [0.4, 0.5) is 13.2 Å². The molecule has 0 aliphatic carbocycles. The van der Waals surface area contributed by atoms with Crippen molar-refractivity contribution in [3.05, 3.63) is 29.3 Å². The first-order valence-corrected chi connectivity index (χ1v) is 4.13. The van der Waals surface area contributed by atoms with Crippen LogP contribution in [-0.4, -0.2) is 12.9 Å². The van der Waals surface area contributed by atoms with Crippen molar-refractivity contribution in [1.82, 2.24) is 0 Å². The standard InChI is InChI=1S/C10H9F3O2/c1-6(14)7-4-3-5-8(15-2)9(7)10(11,12)13/h3-5H,1-2H3. The molecule has 15 heavy (non-hydrogen) atoms. The molecular weight excluding hydrogens is 209 g/mol. The van der Waals surface area contributed by atoms with Gasteiger partial charge in [-0.05, 0) is 13.0 Å². The third-order valence-electron chi connectivity index (χ3n) is 1.91. The van der Waals surface area contributed by atoms with Crippen LogP contribution in [0.15, 0.2) is 18.2 Å². The van der Waals surface area contributed by atoms with Crippen molar-refractivity contribution < 1.29 is 22.7 Å². The molecule has 82 valence electrons. The average molecular weight is 218 g/mol. The van der Waals surface area contributed by atoms with Crippen molar-refractivity contribution in [3.8, 4) is 5.75 Å². The molecule has 0 aliphatic heterocycles. The van der Waals surface area contributed by atoms with Crippen LogP contribution in [0.3, 0.4) is 0 Å². The molecule has 0 heterocycles. The largest absolute Gasteiger partial charge is 0.496 e. The van der Waals surface area contributed by atoms with Crippen LogP contribution < -0.4 is 4.74 Å². The lowest BCUT2D eigenvalue weighted by Gasteiger charge is -2.14. The summed E-state index contributed by atoms with van der Waals surface area (Å²) in [6.07, 6.45) is -4.59. The number of halogens is 3. The maximum absolute atomic E-state index is 12.6. The summed E-state index contributed by atoms with van der Waals surface area (Å²) in [5.74, 6) is -0.976. The molecule has 0 unspecified atom stereocenters. The maximum atomic E-state index is 12.6. The van der Waals surface area contributed by atoms with E-state index in [9.17, 15) is 18.0 Å². The normalized spacial score (nSPS) is 11.3. The van der Waals surface area contributed by atoms with Gasteiger partial charge in [0, 0.05) is 5.56 Å². The van der Waals surface area contributed by atoms with Crippen molar-refractivity contribution >= 4 is 5.78 Å². The molecule has 0 aliphatic rings. The Bertz CT molecular complexity index is 383. The molecule has 0 aromatic heterocycles. The lowest BCUT2D eigenvalue weighted by molar-refractivity contribution is -0.139. The molecule has 0 amide bonds. The molecule has 0 spiro atoms. The number of carbonyl (C=O) groups is 1. The molecule has 0 saturated carbocycles. The van der Waals surface area contributed by atoms with E-state index in [-0.39, 0.29) is 11.3 Å². The Morgan fingerprint density at radius 1 is 1.33 bits per heavy atom. The van der Waals surface area contributed by atoms with E-state index in [1.807, 2.05) is 0 Å². The first-order chi connectivity index (χ1) is 6.88. The molecule has 5 heteroatoms. The summed E-state index contributed by atoms with van der Waals surface area (Å²) < 4.78 is 42.5. The predicted octanol–water partition coefficient (Wildman–Crippen LogP) is 2.92. The summed E-state index contributed by atoms with van der Waals surface area (Å²) in [5.41, 5.74) is -1.39. The Morgan fingerprint density at radius 3 is 2.33 bits per heavy atom. The lowest BCUT2D eigenvalue weighted by Crippen LogP contribution is -2.13. The number of ketones is 1. The fourth-order valence-corrected chi connectivity index (χ4v) is 1.29. The van der Waals surface area contributed by atoms with Gasteiger partial charge >= 0.3 is 6.18 Å². The Labute approximate surface area is 84.7 Å². The summed E-state index contributed by atoms with van der Waals surface area (Å²) in [4.78, 5) is 11.0. The van der Waals surface area contributed by atoms with Crippen molar-refractivity contribution in [1.29, 1.82) is 0 Å². The molecular formula is C10H9F3O2. The first-order valence-electron chi connectivity index (χ1n) is 4.13. The average Bonchev–Trinajstić information content (AvgIpc) is 2.15. The van der Waals surface area contributed by atoms with Crippen LogP contribution >= 0.6 is 0 Å². The summed E-state index contributed by atoms with van der Waals surface area (Å²) in [6, 6.07) is 3.66. The highest BCUT2D eigenvalue weighted by atomic mass is 19.4. The molecule has 1 aromatic rings. The van der Waals surface area contributed by atoms with Gasteiger partial charge in [0.15, 0.2) is 5.78 Å². The minimum atomic E-state index is -4.59. The summed E-state index contributed by atoms with van der Waals surface area (Å²) in [5, 5.41) is 0. The number of hydrogen-bond acceptors (Lipinski definition) is 2. The minimum Gasteiger partial charge on any atom is -0.496 e. The molecule has 1 rings (SSSR count). The molecule has 0 saturated heterocycles. The van der Waals surface area contributed by atoms with E-state index in [2.05, 4.69) is 4.74 Å². The number of alkyl halides is 3. The maximum Gasteiger partial charge on any atom is 0.420 e. The van der Waals surface area contributed by atoms with Crippen LogP contribution in [0, 0.1) is 0 Å². The SMILES string of the molecule is COc1cccc(C(C)=O)c1C(F)(F)F. The summed E-state index contributed by atoms with van der Waals surface area (Å²) in [6.45, 7) is 1.09. The smallest absolute Gasteiger partial charge is 0.420 e. The number of benzene rings is 1. The van der Waals surface area contributed by atoms with Gasteiger partial charge in [-0.1, -0.05) is 12.1 Å². The van der Waals surface area contributed by atoms with E-state index in [1.165, 1.54) is 12.1 Å². The van der Waals surface area contributed by atoms with E-state index in [0.717, 1.165) is 20.1 Å². The number of methoxy groups -OCH3 is 1. The van der Waals surface area contributed by atoms with E-state index >= 15 is 0 Å². The second kappa shape index (κ2) is 3.92. The van der Waals surface area contributed by atoms with Crippen molar-refractivity contribution in [2.75, 3.05) is 7.11 Å². The van der Waals surface area contributed by atoms with Gasteiger partial charge < -0.3 is 4.74 Å². The molecule has 0 N–H and O–H groups in total. The molecule has 1 aromatic carbocycles. The predicted molar refractivity (Wildman–Crippen MR) is 48.0 cm³/mol. The van der Waals surface area contributed by atoms with Gasteiger partial charge in [-0.2, -0.15) is 13.2 Å². The van der Waals surface area contributed by atoms with E-state index in [0.29, 0.717) is 0 Å². The number of ether oxygens (including phenoxy) is 1. The van der Waals surface area contributed by atoms with Crippen LogP contribution in [0.1, 0.15) is 22.8 Å². The van der Waals surface area contributed by atoms with Gasteiger partial charge in [0.05, 0.1) is 7.11 Å². The highest BCUT2D eigenvalue weighted by Crippen LogP contribution is 2.38. The number of hydrogen-bond donors (Lipinski definition) is 0. The van der Waals surface area contributed by atoms with Crippen LogP contribution in [0.25, 0.3) is 0 Å². The van der Waals surface area contributed by atoms with Gasteiger partial charge in [0.1, 0.15) is 11.3 Å². The first kappa shape index (κ1) is 11.6. The second-order valence-corrected chi connectivity index (χ2v) is 2.94. The van der Waals surface area contributed by atoms with Crippen LogP contribution in [0.2, 0.25) is 0 Å². The zero-order chi connectivity index (χ0) is 11.6. The van der Waals surface area contributed by atoms with E-state index < -0.39 is 17.5 Å². The molecule has 0 bridgehead atoms. The molecule has 0 fully saturated rings. The summed E-state index contributed by atoms with van der Waals surface area (Å²) in [7, 11) is 1.13. The number of carbonyl (C=O) groups excluding carboxylic acids is 1. The zero-order valence-corrected chi connectivity index (χ0v) is 8.18. The number of Topliss-reactive ketones (excluding diaryl/α,β-unsaturated/α-hetero) is 1. The van der Waals surface area contributed by atoms with E-state index in [4.69, 9.17) is 0 Å². The van der Waals surface area contributed by atoms with Crippen molar-refractivity contribution in [2.24, 2.45) is 0 Å². The van der Waals surface area contributed by atoms with Gasteiger partial charge in [-0.15, -0.1) is 0 Å². The third kappa shape index (κ3) is 2.29. The third-order valence-corrected chi connectivity index (χ3v) is 1.91. The monoisotopic (exact) mass is 218 g/mol. The highest BCUT2D eigenvalue weighted by molar-refractivity contribution is 5.96. The topological polar surface area (TPSA) is 26.3 Å². The quantitative estimate of drug-likeness (QED) is 0.713. The molecule has 0 atom stereocenters. The Balaban J connectivity index is 3.47. The number of rotatable bonds is 2. The van der Waals surface area contributed by atoms with Gasteiger partial charge in [0.25, 0.3) is 0 Å². The Hall–Kier alpha value is -1.52. The van der Waals surface area contributed by atoms with Gasteiger partial charge in [-0.3, -0.25) is 4.79 Å². The Morgan fingerprint density at radius 2 is 1.93 bits per heavy atom. The fraction of sp³-hybridized carbons (Fsp3) is 0.300. The van der Waals surface area contributed by atoms with Crippen LogP contribution in [0.5, 0.6) is 5.75 Å². The van der Waals surface area contributed by atoms with E-state index in [1.54, 1.807) is 0 Å². The van der Waals surface area contributed by atoms with Gasteiger partial charge in [0.2, 0.25) is 0 Å². The zero-order valence-electron chi connectivity index (χ0n) is 8.18. The Kier molecular flexibility index (Phi) is 3.02. The minimum absolute atomic E-state index is 0.338. The highest BCUT2D eigenvalue weighted by Gasteiger charge is 2.37. The second-order valence-electron chi connectivity index (χ2n) is 2.94. The summed E-state index contributed by atoms with van der Waals surface area (Å²) >= 11 is 0. The lowest BCUT2D eigenvalue weighted by atomic mass is 10.0. The van der Waals surface area contributed by atoms with Gasteiger partial charge in [-0.25, -0.2) is 0 Å². The van der Waals surface area contributed by atoms with Crippen LogP contribution in [-0.2, 0) is 6.18 Å². The van der Waals surface area contributed by atoms with Crippen molar-refractivity contribution in [2.45, 2.75) is 13.1 Å². The molecule has 0 radical (unpaired) electrons. The fourth-order valence-electron chi connectivity index (χ4n) is 1.29. The molecule has 2 nitrogen and oxygen atoms in total.